The second-order valence-corrected chi connectivity index (χ2v) is 7.40. The van der Waals surface area contributed by atoms with Crippen LogP contribution in [0.1, 0.15) is 45.3 Å². The van der Waals surface area contributed by atoms with E-state index in [2.05, 4.69) is 77.7 Å². The monoisotopic (exact) mass is 349 g/mol. The molecule has 1 atom stereocenters. The third kappa shape index (κ3) is 3.34. The van der Waals surface area contributed by atoms with E-state index in [4.69, 9.17) is 4.74 Å². The number of benzene rings is 2. The second-order valence-electron chi connectivity index (χ2n) is 7.40. The van der Waals surface area contributed by atoms with Crippen molar-refractivity contribution in [3.63, 3.8) is 0 Å². The fourth-order valence-electron chi connectivity index (χ4n) is 3.79. The first-order chi connectivity index (χ1) is 12.6. The molecule has 3 aromatic rings. The van der Waals surface area contributed by atoms with E-state index in [-0.39, 0.29) is 12.2 Å². The topological polar surface area (TPSA) is 30.3 Å². The molecule has 4 nitrogen and oxygen atoms in total. The Hall–Kier alpha value is -2.33. The molecule has 2 heterocycles. The van der Waals surface area contributed by atoms with E-state index in [1.807, 2.05) is 6.33 Å². The van der Waals surface area contributed by atoms with E-state index in [9.17, 15) is 0 Å². The van der Waals surface area contributed by atoms with Gasteiger partial charge in [0.05, 0.1) is 23.2 Å². The lowest BCUT2D eigenvalue weighted by Crippen LogP contribution is -2.17. The summed E-state index contributed by atoms with van der Waals surface area (Å²) in [7, 11) is 0. The zero-order chi connectivity index (χ0) is 18.1. The standard InChI is InChI=1S/C22H27N3O/c1-16(2)26-17(3)18-9-10-22-21(13-18)23-15-25(22)20-8-6-7-19(14-20)24-11-4-5-12-24/h6-10,13-17H,4-5,11-12H2,1-3H3. The van der Waals surface area contributed by atoms with E-state index in [0.29, 0.717) is 0 Å². The average molecular weight is 349 g/mol. The number of hydrogen-bond acceptors (Lipinski definition) is 3. The normalized spacial score (nSPS) is 15.9. The molecule has 1 unspecified atom stereocenters. The molecule has 1 aliphatic heterocycles. The van der Waals surface area contributed by atoms with Crippen molar-refractivity contribution in [2.24, 2.45) is 0 Å². The number of ether oxygens (including phenoxy) is 1. The maximum atomic E-state index is 5.91. The Morgan fingerprint density at radius 3 is 2.50 bits per heavy atom. The van der Waals surface area contributed by atoms with Gasteiger partial charge in [0.15, 0.2) is 0 Å². The van der Waals surface area contributed by atoms with Crippen molar-refractivity contribution in [1.29, 1.82) is 0 Å². The number of hydrogen-bond donors (Lipinski definition) is 0. The predicted molar refractivity (Wildman–Crippen MR) is 107 cm³/mol. The quantitative estimate of drug-likeness (QED) is 0.641. The largest absolute Gasteiger partial charge is 0.371 e. The van der Waals surface area contributed by atoms with Gasteiger partial charge in [0.25, 0.3) is 0 Å². The van der Waals surface area contributed by atoms with E-state index >= 15 is 0 Å². The summed E-state index contributed by atoms with van der Waals surface area (Å²) in [5.74, 6) is 0. The first-order valence-electron chi connectivity index (χ1n) is 9.59. The van der Waals surface area contributed by atoms with Crippen LogP contribution in [0.2, 0.25) is 0 Å². The Morgan fingerprint density at radius 2 is 1.73 bits per heavy atom. The molecule has 0 spiro atoms. The number of fused-ring (bicyclic) bond motifs is 1. The van der Waals surface area contributed by atoms with Crippen molar-refractivity contribution < 1.29 is 4.74 Å². The SMILES string of the molecule is CC(C)OC(C)c1ccc2c(c1)ncn2-c1cccc(N2CCCC2)c1. The summed E-state index contributed by atoms with van der Waals surface area (Å²) in [4.78, 5) is 7.10. The summed E-state index contributed by atoms with van der Waals surface area (Å²) in [6.07, 6.45) is 4.79. The maximum Gasteiger partial charge on any atom is 0.100 e. The predicted octanol–water partition coefficient (Wildman–Crippen LogP) is 5.11. The zero-order valence-corrected chi connectivity index (χ0v) is 15.9. The highest BCUT2D eigenvalue weighted by Crippen LogP contribution is 2.27. The minimum Gasteiger partial charge on any atom is -0.371 e. The van der Waals surface area contributed by atoms with Crippen LogP contribution in [0, 0.1) is 0 Å². The minimum absolute atomic E-state index is 0.0723. The lowest BCUT2D eigenvalue weighted by molar-refractivity contribution is 0.0179. The van der Waals surface area contributed by atoms with Gasteiger partial charge >= 0.3 is 0 Å². The summed E-state index contributed by atoms with van der Waals surface area (Å²) in [6.45, 7) is 8.54. The molecule has 1 aliphatic rings. The molecule has 1 aromatic heterocycles. The third-order valence-corrected chi connectivity index (χ3v) is 5.10. The summed E-state index contributed by atoms with van der Waals surface area (Å²) < 4.78 is 8.08. The van der Waals surface area contributed by atoms with Gasteiger partial charge in [0.1, 0.15) is 6.33 Å². The van der Waals surface area contributed by atoms with E-state index in [0.717, 1.165) is 29.8 Å². The molecule has 1 saturated heterocycles. The van der Waals surface area contributed by atoms with Crippen molar-refractivity contribution in [3.05, 3.63) is 54.4 Å². The molecular weight excluding hydrogens is 322 g/mol. The molecule has 0 aliphatic carbocycles. The third-order valence-electron chi connectivity index (χ3n) is 5.10. The Kier molecular flexibility index (Phi) is 4.68. The Balaban J connectivity index is 1.66. The van der Waals surface area contributed by atoms with Crippen LogP contribution in [-0.2, 0) is 4.74 Å². The molecule has 0 bridgehead atoms. The number of anilines is 1. The van der Waals surface area contributed by atoms with Crippen LogP contribution in [0.25, 0.3) is 16.7 Å². The van der Waals surface area contributed by atoms with Gasteiger partial charge in [-0.25, -0.2) is 4.98 Å². The molecule has 0 amide bonds. The van der Waals surface area contributed by atoms with Crippen molar-refractivity contribution in [2.45, 2.75) is 45.8 Å². The van der Waals surface area contributed by atoms with Gasteiger partial charge in [0.2, 0.25) is 0 Å². The van der Waals surface area contributed by atoms with Crippen molar-refractivity contribution in [3.8, 4) is 5.69 Å². The Labute approximate surface area is 155 Å². The van der Waals surface area contributed by atoms with Gasteiger partial charge < -0.3 is 9.64 Å². The Morgan fingerprint density at radius 1 is 0.962 bits per heavy atom. The fourth-order valence-corrected chi connectivity index (χ4v) is 3.79. The smallest absolute Gasteiger partial charge is 0.100 e. The van der Waals surface area contributed by atoms with Gasteiger partial charge in [-0.05, 0) is 69.5 Å². The van der Waals surface area contributed by atoms with Crippen LogP contribution < -0.4 is 4.90 Å². The van der Waals surface area contributed by atoms with Gasteiger partial charge in [-0.1, -0.05) is 12.1 Å². The molecular formula is C22H27N3O. The summed E-state index contributed by atoms with van der Waals surface area (Å²) in [5, 5.41) is 0. The molecule has 0 saturated carbocycles. The first-order valence-corrected chi connectivity index (χ1v) is 9.59. The molecule has 4 heteroatoms. The highest BCUT2D eigenvalue weighted by molar-refractivity contribution is 5.78. The summed E-state index contributed by atoms with van der Waals surface area (Å²) >= 11 is 0. The fraction of sp³-hybridized carbons (Fsp3) is 0.409. The van der Waals surface area contributed by atoms with Gasteiger partial charge in [-0.2, -0.15) is 0 Å². The number of imidazole rings is 1. The molecule has 26 heavy (non-hydrogen) atoms. The highest BCUT2D eigenvalue weighted by atomic mass is 16.5. The van der Waals surface area contributed by atoms with Crippen LogP contribution in [0.15, 0.2) is 48.8 Å². The lowest BCUT2D eigenvalue weighted by atomic mass is 10.1. The minimum atomic E-state index is 0.0723. The zero-order valence-electron chi connectivity index (χ0n) is 15.9. The molecule has 136 valence electrons. The first kappa shape index (κ1) is 17.1. The van der Waals surface area contributed by atoms with Crippen LogP contribution in [0.3, 0.4) is 0 Å². The second kappa shape index (κ2) is 7.12. The van der Waals surface area contributed by atoms with Crippen LogP contribution in [0.4, 0.5) is 5.69 Å². The van der Waals surface area contributed by atoms with Gasteiger partial charge in [-0.15, -0.1) is 0 Å². The van der Waals surface area contributed by atoms with E-state index in [1.165, 1.54) is 24.1 Å². The Bertz CT molecular complexity index is 893. The van der Waals surface area contributed by atoms with Crippen LogP contribution in [0.5, 0.6) is 0 Å². The van der Waals surface area contributed by atoms with Crippen LogP contribution >= 0.6 is 0 Å². The molecule has 0 radical (unpaired) electrons. The van der Waals surface area contributed by atoms with Gasteiger partial charge in [0, 0.05) is 24.5 Å². The lowest BCUT2D eigenvalue weighted by Gasteiger charge is -2.19. The van der Waals surface area contributed by atoms with Crippen LogP contribution in [-0.4, -0.2) is 28.7 Å². The highest BCUT2D eigenvalue weighted by Gasteiger charge is 2.14. The number of nitrogens with zero attached hydrogens (tertiary/aromatic N) is 3. The van der Waals surface area contributed by atoms with Crippen molar-refractivity contribution in [1.82, 2.24) is 9.55 Å². The number of rotatable bonds is 5. The average Bonchev–Trinajstić information content (AvgIpc) is 3.30. The maximum absolute atomic E-state index is 5.91. The van der Waals surface area contributed by atoms with E-state index in [1.54, 1.807) is 0 Å². The van der Waals surface area contributed by atoms with E-state index < -0.39 is 0 Å². The summed E-state index contributed by atoms with van der Waals surface area (Å²) in [5.41, 5.74) is 5.77. The van der Waals surface area contributed by atoms with Gasteiger partial charge in [-0.3, -0.25) is 4.57 Å². The molecule has 0 N–H and O–H groups in total. The number of aromatic nitrogens is 2. The molecule has 1 fully saturated rings. The summed E-state index contributed by atoms with van der Waals surface area (Å²) in [6, 6.07) is 15.2. The molecule has 2 aromatic carbocycles. The van der Waals surface area contributed by atoms with Crippen molar-refractivity contribution in [2.75, 3.05) is 18.0 Å². The molecule has 4 rings (SSSR count). The van der Waals surface area contributed by atoms with Crippen molar-refractivity contribution >= 4 is 16.7 Å².